The van der Waals surface area contributed by atoms with E-state index in [4.69, 9.17) is 22.1 Å². The van der Waals surface area contributed by atoms with Crippen molar-refractivity contribution in [1.82, 2.24) is 23.9 Å². The Kier molecular flexibility index (Phi) is 7.61. The lowest BCUT2D eigenvalue weighted by molar-refractivity contribution is 0.102. The van der Waals surface area contributed by atoms with Crippen molar-refractivity contribution >= 4 is 35.0 Å². The summed E-state index contributed by atoms with van der Waals surface area (Å²) in [6.07, 6.45) is 0. The molecular weight excluding hydrogens is 504 g/mol. The van der Waals surface area contributed by atoms with Crippen LogP contribution in [0.4, 0.5) is 5.82 Å². The molecule has 0 bridgehead atoms. The minimum absolute atomic E-state index is 0.122. The van der Waals surface area contributed by atoms with Crippen LogP contribution < -0.4 is 21.7 Å². The molecule has 0 aliphatic rings. The SMILES string of the molecule is Cn1c(N)c(C(=O)CSc2nnc(COc3ccc(Cl)cc3)n2Cc2ccccc2)c(=O)n(C)c1=O. The lowest BCUT2D eigenvalue weighted by Crippen LogP contribution is -2.41. The van der Waals surface area contributed by atoms with Crippen molar-refractivity contribution in [3.63, 3.8) is 0 Å². The molecule has 4 rings (SSSR count). The minimum Gasteiger partial charge on any atom is -0.486 e. The number of anilines is 1. The molecule has 0 unspecified atom stereocenters. The van der Waals surface area contributed by atoms with E-state index < -0.39 is 17.0 Å². The number of thioether (sulfide) groups is 1. The van der Waals surface area contributed by atoms with E-state index in [0.717, 1.165) is 26.5 Å². The van der Waals surface area contributed by atoms with Crippen LogP contribution in [-0.2, 0) is 27.2 Å². The van der Waals surface area contributed by atoms with Crippen molar-refractivity contribution < 1.29 is 9.53 Å². The van der Waals surface area contributed by atoms with Gasteiger partial charge in [0.1, 0.15) is 23.7 Å². The lowest BCUT2D eigenvalue weighted by atomic mass is 10.2. The number of aromatic nitrogens is 5. The average Bonchev–Trinajstić information content (AvgIpc) is 3.26. The van der Waals surface area contributed by atoms with Gasteiger partial charge in [0, 0.05) is 19.1 Å². The van der Waals surface area contributed by atoms with E-state index >= 15 is 0 Å². The molecular formula is C24H23ClN6O4S. The zero-order valence-corrected chi connectivity index (χ0v) is 21.1. The Morgan fingerprint density at radius 3 is 2.42 bits per heavy atom. The predicted molar refractivity (Wildman–Crippen MR) is 138 cm³/mol. The standard InChI is InChI=1S/C24H23ClN6O4S/c1-29-21(26)20(22(33)30(2)24(29)34)18(32)14-36-23-28-27-19(13-35-17-10-8-16(25)9-11-17)31(23)12-15-6-4-3-5-7-15/h3-11H,12-14,26H2,1-2H3. The number of nitrogen functional groups attached to an aromatic ring is 1. The van der Waals surface area contributed by atoms with Crippen molar-refractivity contribution in [3.8, 4) is 5.75 Å². The van der Waals surface area contributed by atoms with Crippen molar-refractivity contribution in [1.29, 1.82) is 0 Å². The predicted octanol–water partition coefficient (Wildman–Crippen LogP) is 2.51. The second kappa shape index (κ2) is 10.8. The number of hydrogen-bond donors (Lipinski definition) is 1. The summed E-state index contributed by atoms with van der Waals surface area (Å²) in [5.41, 5.74) is 5.37. The number of Topliss-reactive ketones (excluding diaryl/α,β-unsaturated/α-hetero) is 1. The molecule has 0 saturated heterocycles. The Balaban J connectivity index is 1.58. The molecule has 0 saturated carbocycles. The van der Waals surface area contributed by atoms with Gasteiger partial charge >= 0.3 is 5.69 Å². The second-order valence-corrected chi connectivity index (χ2v) is 9.27. The Morgan fingerprint density at radius 1 is 1.03 bits per heavy atom. The molecule has 0 fully saturated rings. The highest BCUT2D eigenvalue weighted by Gasteiger charge is 2.22. The van der Waals surface area contributed by atoms with Gasteiger partial charge in [0.2, 0.25) is 0 Å². The summed E-state index contributed by atoms with van der Waals surface area (Å²) in [4.78, 5) is 37.6. The molecule has 0 atom stereocenters. The summed E-state index contributed by atoms with van der Waals surface area (Å²) in [5.74, 6) is 0.376. The lowest BCUT2D eigenvalue weighted by Gasteiger charge is -2.12. The fourth-order valence-electron chi connectivity index (χ4n) is 3.46. The summed E-state index contributed by atoms with van der Waals surface area (Å²) < 4.78 is 9.64. The van der Waals surface area contributed by atoms with E-state index in [9.17, 15) is 14.4 Å². The van der Waals surface area contributed by atoms with Crippen LogP contribution in [0.2, 0.25) is 5.02 Å². The highest BCUT2D eigenvalue weighted by molar-refractivity contribution is 7.99. The van der Waals surface area contributed by atoms with E-state index in [-0.39, 0.29) is 23.7 Å². The van der Waals surface area contributed by atoms with Crippen LogP contribution >= 0.6 is 23.4 Å². The van der Waals surface area contributed by atoms with Gasteiger partial charge < -0.3 is 10.5 Å². The molecule has 0 aliphatic heterocycles. The zero-order chi connectivity index (χ0) is 25.8. The summed E-state index contributed by atoms with van der Waals surface area (Å²) in [7, 11) is 2.71. The van der Waals surface area contributed by atoms with Crippen LogP contribution in [0.3, 0.4) is 0 Å². The summed E-state index contributed by atoms with van der Waals surface area (Å²) in [6.45, 7) is 0.595. The van der Waals surface area contributed by atoms with E-state index in [1.165, 1.54) is 14.1 Å². The fraction of sp³-hybridized carbons (Fsp3) is 0.208. The van der Waals surface area contributed by atoms with Gasteiger partial charge in [-0.15, -0.1) is 10.2 Å². The van der Waals surface area contributed by atoms with Crippen LogP contribution in [0.5, 0.6) is 5.75 Å². The number of benzene rings is 2. The number of nitrogens with two attached hydrogens (primary N) is 1. The molecule has 12 heteroatoms. The minimum atomic E-state index is -0.732. The highest BCUT2D eigenvalue weighted by atomic mass is 35.5. The normalized spacial score (nSPS) is 11.0. The first kappa shape index (κ1) is 25.3. The topological polar surface area (TPSA) is 127 Å². The molecule has 2 aromatic heterocycles. The van der Waals surface area contributed by atoms with Gasteiger partial charge in [-0.2, -0.15) is 0 Å². The zero-order valence-electron chi connectivity index (χ0n) is 19.6. The van der Waals surface area contributed by atoms with Gasteiger partial charge in [0.05, 0.1) is 12.3 Å². The monoisotopic (exact) mass is 526 g/mol. The van der Waals surface area contributed by atoms with Crippen molar-refractivity contribution in [2.45, 2.75) is 18.3 Å². The third-order valence-electron chi connectivity index (χ3n) is 5.48. The van der Waals surface area contributed by atoms with Gasteiger partial charge in [0.25, 0.3) is 5.56 Å². The van der Waals surface area contributed by atoms with Crippen LogP contribution in [0.25, 0.3) is 0 Å². The van der Waals surface area contributed by atoms with Crippen LogP contribution in [0, 0.1) is 0 Å². The molecule has 4 aromatic rings. The quantitative estimate of drug-likeness (QED) is 0.260. The first-order valence-electron chi connectivity index (χ1n) is 10.8. The Labute approximate surface area is 215 Å². The summed E-state index contributed by atoms with van der Waals surface area (Å²) >= 11 is 7.06. The molecule has 0 radical (unpaired) electrons. The van der Waals surface area contributed by atoms with Gasteiger partial charge in [-0.1, -0.05) is 53.7 Å². The Hall–Kier alpha value is -3.83. The summed E-state index contributed by atoms with van der Waals surface area (Å²) in [5, 5.41) is 9.59. The third-order valence-corrected chi connectivity index (χ3v) is 6.70. The summed E-state index contributed by atoms with van der Waals surface area (Å²) in [6, 6.07) is 16.7. The van der Waals surface area contributed by atoms with E-state index in [2.05, 4.69) is 10.2 Å². The Bertz CT molecular complexity index is 1510. The number of ketones is 1. The molecule has 2 aromatic carbocycles. The number of carbonyl (C=O) groups excluding carboxylic acids is 1. The first-order chi connectivity index (χ1) is 17.3. The van der Waals surface area contributed by atoms with E-state index in [1.807, 2.05) is 34.9 Å². The maximum Gasteiger partial charge on any atom is 0.332 e. The van der Waals surface area contributed by atoms with E-state index in [0.29, 0.717) is 28.3 Å². The maximum absolute atomic E-state index is 13.0. The number of nitrogens with zero attached hydrogens (tertiary/aromatic N) is 5. The molecule has 2 N–H and O–H groups in total. The van der Waals surface area contributed by atoms with Gasteiger partial charge in [-0.3, -0.25) is 23.3 Å². The first-order valence-corrected chi connectivity index (χ1v) is 12.2. The van der Waals surface area contributed by atoms with Crippen LogP contribution in [-0.4, -0.2) is 35.4 Å². The largest absolute Gasteiger partial charge is 0.486 e. The average molecular weight is 527 g/mol. The maximum atomic E-state index is 13.0. The second-order valence-electron chi connectivity index (χ2n) is 7.89. The van der Waals surface area contributed by atoms with Gasteiger partial charge in [0.15, 0.2) is 16.8 Å². The number of halogens is 1. The van der Waals surface area contributed by atoms with Crippen LogP contribution in [0.1, 0.15) is 21.7 Å². The molecule has 2 heterocycles. The van der Waals surface area contributed by atoms with E-state index in [1.54, 1.807) is 24.3 Å². The van der Waals surface area contributed by atoms with Gasteiger partial charge in [-0.05, 0) is 29.8 Å². The molecule has 0 spiro atoms. The molecule has 0 amide bonds. The van der Waals surface area contributed by atoms with Crippen molar-refractivity contribution in [2.75, 3.05) is 11.5 Å². The number of hydrogen-bond acceptors (Lipinski definition) is 8. The van der Waals surface area contributed by atoms with Crippen LogP contribution in [0.15, 0.2) is 69.3 Å². The third kappa shape index (κ3) is 5.37. The molecule has 0 aliphatic carbocycles. The smallest absolute Gasteiger partial charge is 0.332 e. The highest BCUT2D eigenvalue weighted by Crippen LogP contribution is 2.22. The molecule has 10 nitrogen and oxygen atoms in total. The number of carbonyl (C=O) groups is 1. The molecule has 36 heavy (non-hydrogen) atoms. The van der Waals surface area contributed by atoms with Gasteiger partial charge in [-0.25, -0.2) is 4.79 Å². The van der Waals surface area contributed by atoms with Crippen molar-refractivity contribution in [2.24, 2.45) is 14.1 Å². The number of ether oxygens (including phenoxy) is 1. The molecule has 186 valence electrons. The van der Waals surface area contributed by atoms with Crippen molar-refractivity contribution in [3.05, 3.63) is 97.4 Å². The number of rotatable bonds is 9. The fourth-order valence-corrected chi connectivity index (χ4v) is 4.42. The Morgan fingerprint density at radius 2 is 1.72 bits per heavy atom.